The Balaban J connectivity index is 2.23. The van der Waals surface area contributed by atoms with E-state index >= 15 is 0 Å². The highest BCUT2D eigenvalue weighted by Crippen LogP contribution is 2.29. The van der Waals surface area contributed by atoms with Crippen LogP contribution in [0.3, 0.4) is 0 Å². The van der Waals surface area contributed by atoms with Gasteiger partial charge in [-0.05, 0) is 48.2 Å². The van der Waals surface area contributed by atoms with E-state index in [0.717, 1.165) is 22.2 Å². The van der Waals surface area contributed by atoms with E-state index in [1.807, 2.05) is 6.92 Å². The molecule has 98 valence electrons. The fraction of sp³-hybridized carbons (Fsp3) is 0.500. The summed E-state index contributed by atoms with van der Waals surface area (Å²) in [6, 6.07) is 1.10. The standard InChI is InChI=1S/C12H14BrNO3S/c1-7-8(13)6-10(18-7)11(15)14-5-3-2-4-9(14)12(16)17/h6,9H,2-5H2,1H3,(H,16,17). The minimum atomic E-state index is -0.907. The van der Waals surface area contributed by atoms with E-state index < -0.39 is 12.0 Å². The fourth-order valence-corrected chi connectivity index (χ4v) is 3.63. The fourth-order valence-electron chi connectivity index (χ4n) is 2.14. The molecular formula is C12H14BrNO3S. The zero-order valence-corrected chi connectivity index (χ0v) is 12.4. The maximum absolute atomic E-state index is 12.3. The number of hydrogen-bond acceptors (Lipinski definition) is 3. The molecule has 2 rings (SSSR count). The average molecular weight is 332 g/mol. The van der Waals surface area contributed by atoms with Crippen molar-refractivity contribution in [3.05, 3.63) is 20.3 Å². The van der Waals surface area contributed by atoms with Crippen molar-refractivity contribution in [2.24, 2.45) is 0 Å². The summed E-state index contributed by atoms with van der Waals surface area (Å²) in [4.78, 5) is 26.6. The van der Waals surface area contributed by atoms with Gasteiger partial charge in [0.2, 0.25) is 0 Å². The molecule has 0 bridgehead atoms. The first-order valence-electron chi connectivity index (χ1n) is 5.80. The quantitative estimate of drug-likeness (QED) is 0.906. The molecule has 1 N–H and O–H groups in total. The molecule has 1 fully saturated rings. The van der Waals surface area contributed by atoms with Gasteiger partial charge >= 0.3 is 5.97 Å². The summed E-state index contributed by atoms with van der Waals surface area (Å²) >= 11 is 4.77. The minimum Gasteiger partial charge on any atom is -0.480 e. The number of hydrogen-bond donors (Lipinski definition) is 1. The molecular weight excluding hydrogens is 318 g/mol. The summed E-state index contributed by atoms with van der Waals surface area (Å²) in [5.74, 6) is -1.07. The number of thiophene rings is 1. The zero-order chi connectivity index (χ0) is 13.3. The van der Waals surface area contributed by atoms with Crippen LogP contribution in [0, 0.1) is 6.92 Å². The van der Waals surface area contributed by atoms with E-state index in [1.54, 1.807) is 6.07 Å². The predicted octanol–water partition coefficient (Wildman–Crippen LogP) is 2.90. The second-order valence-electron chi connectivity index (χ2n) is 4.36. The van der Waals surface area contributed by atoms with Crippen LogP contribution in [0.2, 0.25) is 0 Å². The maximum Gasteiger partial charge on any atom is 0.326 e. The summed E-state index contributed by atoms with van der Waals surface area (Å²) < 4.78 is 0.903. The van der Waals surface area contributed by atoms with Crippen LogP contribution in [-0.4, -0.2) is 34.5 Å². The van der Waals surface area contributed by atoms with Gasteiger partial charge < -0.3 is 10.0 Å². The van der Waals surface area contributed by atoms with Crippen molar-refractivity contribution < 1.29 is 14.7 Å². The molecule has 2 heterocycles. The summed E-state index contributed by atoms with van der Waals surface area (Å²) in [5.41, 5.74) is 0. The number of nitrogens with zero attached hydrogens (tertiary/aromatic N) is 1. The number of carboxylic acid groups (broad SMARTS) is 1. The number of carboxylic acids is 1. The molecule has 1 unspecified atom stereocenters. The normalized spacial score (nSPS) is 19.9. The third-order valence-corrected chi connectivity index (χ3v) is 5.24. The smallest absolute Gasteiger partial charge is 0.326 e. The number of piperidine rings is 1. The Labute approximate surface area is 118 Å². The van der Waals surface area contributed by atoms with E-state index in [4.69, 9.17) is 5.11 Å². The van der Waals surface area contributed by atoms with Gasteiger partial charge in [0.25, 0.3) is 5.91 Å². The Kier molecular flexibility index (Phi) is 4.07. The molecule has 4 nitrogen and oxygen atoms in total. The van der Waals surface area contributed by atoms with E-state index in [9.17, 15) is 9.59 Å². The summed E-state index contributed by atoms with van der Waals surface area (Å²) in [6.45, 7) is 2.46. The van der Waals surface area contributed by atoms with Crippen molar-refractivity contribution in [2.45, 2.75) is 32.2 Å². The van der Waals surface area contributed by atoms with E-state index in [2.05, 4.69) is 15.9 Å². The molecule has 1 atom stereocenters. The van der Waals surface area contributed by atoms with Crippen LogP contribution < -0.4 is 0 Å². The summed E-state index contributed by atoms with van der Waals surface area (Å²) in [7, 11) is 0. The first-order chi connectivity index (χ1) is 8.50. The third kappa shape index (κ3) is 2.59. The number of likely N-dealkylation sites (tertiary alicyclic amines) is 1. The molecule has 1 saturated heterocycles. The molecule has 1 aliphatic heterocycles. The Hall–Kier alpha value is -0.880. The lowest BCUT2D eigenvalue weighted by molar-refractivity contribution is -0.143. The number of carbonyl (C=O) groups excluding carboxylic acids is 1. The molecule has 1 aromatic rings. The Morgan fingerprint density at radius 3 is 2.78 bits per heavy atom. The summed E-state index contributed by atoms with van der Waals surface area (Å²) in [5, 5.41) is 9.16. The molecule has 1 amide bonds. The van der Waals surface area contributed by atoms with E-state index in [-0.39, 0.29) is 5.91 Å². The molecule has 0 radical (unpaired) electrons. The lowest BCUT2D eigenvalue weighted by atomic mass is 10.0. The molecule has 0 spiro atoms. The number of aliphatic carboxylic acids is 1. The van der Waals surface area contributed by atoms with Gasteiger partial charge in [-0.15, -0.1) is 11.3 Å². The monoisotopic (exact) mass is 331 g/mol. The van der Waals surface area contributed by atoms with Crippen LogP contribution in [0.5, 0.6) is 0 Å². The third-order valence-electron chi connectivity index (χ3n) is 3.12. The topological polar surface area (TPSA) is 57.6 Å². The molecule has 6 heteroatoms. The van der Waals surface area contributed by atoms with E-state index in [0.29, 0.717) is 17.8 Å². The van der Waals surface area contributed by atoms with Crippen molar-refractivity contribution in [1.29, 1.82) is 0 Å². The Bertz CT molecular complexity index is 466. The highest BCUT2D eigenvalue weighted by molar-refractivity contribution is 9.10. The van der Waals surface area contributed by atoms with Crippen LogP contribution in [0.25, 0.3) is 0 Å². The number of amides is 1. The van der Waals surface area contributed by atoms with Gasteiger partial charge in [0.15, 0.2) is 0 Å². The highest BCUT2D eigenvalue weighted by Gasteiger charge is 2.33. The first kappa shape index (κ1) is 13.5. The van der Waals surface area contributed by atoms with Gasteiger partial charge in [-0.2, -0.15) is 0 Å². The van der Waals surface area contributed by atoms with Crippen LogP contribution in [0.4, 0.5) is 0 Å². The van der Waals surface area contributed by atoms with E-state index in [1.165, 1.54) is 16.2 Å². The molecule has 1 aliphatic rings. The largest absolute Gasteiger partial charge is 0.480 e. The lowest BCUT2D eigenvalue weighted by Gasteiger charge is -2.32. The molecule has 18 heavy (non-hydrogen) atoms. The number of rotatable bonds is 2. The van der Waals surface area contributed by atoms with Gasteiger partial charge in [-0.25, -0.2) is 4.79 Å². The Morgan fingerprint density at radius 1 is 1.50 bits per heavy atom. The molecule has 0 saturated carbocycles. The second kappa shape index (κ2) is 5.40. The average Bonchev–Trinajstić information content (AvgIpc) is 2.68. The zero-order valence-electron chi connectivity index (χ0n) is 9.98. The van der Waals surface area contributed by atoms with Gasteiger partial charge in [0, 0.05) is 15.9 Å². The van der Waals surface area contributed by atoms with Crippen molar-refractivity contribution >= 4 is 39.1 Å². The van der Waals surface area contributed by atoms with Crippen LogP contribution >= 0.6 is 27.3 Å². The SMILES string of the molecule is Cc1sc(C(=O)N2CCCCC2C(=O)O)cc1Br. The van der Waals surface area contributed by atoms with Crippen LogP contribution in [0.1, 0.15) is 33.8 Å². The number of aryl methyl sites for hydroxylation is 1. The summed E-state index contributed by atoms with van der Waals surface area (Å²) in [6.07, 6.45) is 2.29. The van der Waals surface area contributed by atoms with Gasteiger partial charge in [-0.1, -0.05) is 0 Å². The van der Waals surface area contributed by atoms with Crippen LogP contribution in [0.15, 0.2) is 10.5 Å². The number of halogens is 1. The maximum atomic E-state index is 12.3. The van der Waals surface area contributed by atoms with Crippen molar-refractivity contribution in [1.82, 2.24) is 4.90 Å². The van der Waals surface area contributed by atoms with Crippen molar-refractivity contribution in [2.75, 3.05) is 6.54 Å². The minimum absolute atomic E-state index is 0.166. The molecule has 0 aliphatic carbocycles. The van der Waals surface area contributed by atoms with Crippen molar-refractivity contribution in [3.8, 4) is 0 Å². The van der Waals surface area contributed by atoms with Crippen molar-refractivity contribution in [3.63, 3.8) is 0 Å². The first-order valence-corrected chi connectivity index (χ1v) is 7.41. The van der Waals surface area contributed by atoms with Gasteiger partial charge in [-0.3, -0.25) is 4.79 Å². The number of carbonyl (C=O) groups is 2. The predicted molar refractivity (Wildman–Crippen MR) is 73.1 cm³/mol. The molecule has 1 aromatic heterocycles. The molecule has 0 aromatic carbocycles. The Morgan fingerprint density at radius 2 is 2.22 bits per heavy atom. The van der Waals surface area contributed by atoms with Gasteiger partial charge in [0.05, 0.1) is 4.88 Å². The highest BCUT2D eigenvalue weighted by atomic mass is 79.9. The lowest BCUT2D eigenvalue weighted by Crippen LogP contribution is -2.47. The van der Waals surface area contributed by atoms with Crippen LogP contribution in [-0.2, 0) is 4.79 Å². The van der Waals surface area contributed by atoms with Gasteiger partial charge in [0.1, 0.15) is 6.04 Å². The second-order valence-corrected chi connectivity index (χ2v) is 6.47.